The summed E-state index contributed by atoms with van der Waals surface area (Å²) in [5, 5.41) is 0.461. The Bertz CT molecular complexity index is 1150. The van der Waals surface area contributed by atoms with E-state index in [4.69, 9.17) is 13.9 Å². The Hall–Kier alpha value is -3.28. The molecular weight excluding hydrogens is 370 g/mol. The van der Waals surface area contributed by atoms with Gasteiger partial charge in [-0.25, -0.2) is 0 Å². The van der Waals surface area contributed by atoms with E-state index in [0.29, 0.717) is 40.6 Å². The number of carbonyl (C=O) groups excluding carboxylic acids is 1. The Kier molecular flexibility index (Phi) is 4.78. The quantitative estimate of drug-likeness (QED) is 0.655. The standard InChI is InChI=1S/C23H23NO5/c1-13(2)12-28-17-10-9-14(11-18(17)27-4)20-19-21(25)15-7-5-6-8-16(15)29-22(19)23(26)24(20)3/h5-11,13,20H,12H2,1-4H3. The molecule has 1 unspecified atom stereocenters. The number of amides is 1. The molecule has 0 N–H and O–H groups in total. The predicted molar refractivity (Wildman–Crippen MR) is 110 cm³/mol. The first-order chi connectivity index (χ1) is 13.9. The molecule has 3 aromatic rings. The fraction of sp³-hybridized carbons (Fsp3) is 0.304. The van der Waals surface area contributed by atoms with E-state index in [1.54, 1.807) is 38.4 Å². The zero-order valence-electron chi connectivity index (χ0n) is 16.9. The molecule has 2 heterocycles. The molecular formula is C23H23NO5. The Morgan fingerprint density at radius 3 is 2.59 bits per heavy atom. The van der Waals surface area contributed by atoms with Crippen molar-refractivity contribution >= 4 is 16.9 Å². The van der Waals surface area contributed by atoms with Crippen molar-refractivity contribution in [3.63, 3.8) is 0 Å². The molecule has 0 saturated carbocycles. The van der Waals surface area contributed by atoms with Gasteiger partial charge in [-0.15, -0.1) is 0 Å². The highest BCUT2D eigenvalue weighted by atomic mass is 16.5. The summed E-state index contributed by atoms with van der Waals surface area (Å²) in [5.41, 5.74) is 1.34. The number of rotatable bonds is 5. The number of hydrogen-bond acceptors (Lipinski definition) is 5. The fourth-order valence-electron chi connectivity index (χ4n) is 3.65. The Labute approximate surface area is 168 Å². The van der Waals surface area contributed by atoms with Gasteiger partial charge in [0.25, 0.3) is 5.91 Å². The topological polar surface area (TPSA) is 69.0 Å². The van der Waals surface area contributed by atoms with E-state index in [9.17, 15) is 9.59 Å². The van der Waals surface area contributed by atoms with Crippen LogP contribution in [0.3, 0.4) is 0 Å². The molecule has 0 aliphatic carbocycles. The Morgan fingerprint density at radius 1 is 1.10 bits per heavy atom. The van der Waals surface area contributed by atoms with Crippen LogP contribution < -0.4 is 14.9 Å². The van der Waals surface area contributed by atoms with Crippen LogP contribution in [-0.4, -0.2) is 31.6 Å². The van der Waals surface area contributed by atoms with E-state index in [2.05, 4.69) is 13.8 Å². The van der Waals surface area contributed by atoms with Crippen LogP contribution in [-0.2, 0) is 0 Å². The predicted octanol–water partition coefficient (Wildman–Crippen LogP) is 4.01. The van der Waals surface area contributed by atoms with Crippen molar-refractivity contribution in [1.82, 2.24) is 4.90 Å². The monoisotopic (exact) mass is 393 g/mol. The zero-order chi connectivity index (χ0) is 20.7. The number of ether oxygens (including phenoxy) is 2. The van der Waals surface area contributed by atoms with E-state index < -0.39 is 6.04 Å². The van der Waals surface area contributed by atoms with Gasteiger partial charge in [0.2, 0.25) is 5.76 Å². The number of benzene rings is 2. The highest BCUT2D eigenvalue weighted by Gasteiger charge is 2.40. The molecule has 0 fully saturated rings. The molecule has 29 heavy (non-hydrogen) atoms. The van der Waals surface area contributed by atoms with E-state index >= 15 is 0 Å². The third kappa shape index (κ3) is 3.14. The van der Waals surface area contributed by atoms with E-state index in [-0.39, 0.29) is 17.1 Å². The number of nitrogens with zero attached hydrogens (tertiary/aromatic N) is 1. The molecule has 150 valence electrons. The van der Waals surface area contributed by atoms with Gasteiger partial charge < -0.3 is 18.8 Å². The van der Waals surface area contributed by atoms with Crippen LogP contribution in [0.25, 0.3) is 11.0 Å². The van der Waals surface area contributed by atoms with Gasteiger partial charge in [-0.3, -0.25) is 9.59 Å². The minimum atomic E-state index is -0.550. The van der Waals surface area contributed by atoms with E-state index in [0.717, 1.165) is 5.56 Å². The molecule has 1 atom stereocenters. The van der Waals surface area contributed by atoms with Gasteiger partial charge in [0.05, 0.1) is 30.7 Å². The molecule has 1 aliphatic rings. The normalized spacial score (nSPS) is 15.8. The summed E-state index contributed by atoms with van der Waals surface area (Å²) in [5.74, 6) is 1.35. The van der Waals surface area contributed by atoms with Crippen LogP contribution in [0.4, 0.5) is 0 Å². The number of para-hydroxylation sites is 1. The second kappa shape index (κ2) is 7.28. The summed E-state index contributed by atoms with van der Waals surface area (Å²) < 4.78 is 17.1. The van der Waals surface area contributed by atoms with Crippen molar-refractivity contribution in [2.75, 3.05) is 20.8 Å². The van der Waals surface area contributed by atoms with E-state index in [1.807, 2.05) is 18.2 Å². The number of fused-ring (bicyclic) bond motifs is 2. The summed E-state index contributed by atoms with van der Waals surface area (Å²) in [6.07, 6.45) is 0. The molecule has 0 bridgehead atoms. The molecule has 0 saturated heterocycles. The lowest BCUT2D eigenvalue weighted by molar-refractivity contribution is 0.0771. The average molecular weight is 393 g/mol. The van der Waals surface area contributed by atoms with Crippen molar-refractivity contribution in [3.8, 4) is 11.5 Å². The second-order valence-corrected chi connectivity index (χ2v) is 7.60. The first kappa shape index (κ1) is 19.1. The number of methoxy groups -OCH3 is 1. The second-order valence-electron chi connectivity index (χ2n) is 7.60. The lowest BCUT2D eigenvalue weighted by atomic mass is 9.98. The lowest BCUT2D eigenvalue weighted by Gasteiger charge is -2.22. The van der Waals surface area contributed by atoms with Gasteiger partial charge in [0.15, 0.2) is 16.9 Å². The number of carbonyl (C=O) groups is 1. The molecule has 6 heteroatoms. The first-order valence-electron chi connectivity index (χ1n) is 9.56. The van der Waals surface area contributed by atoms with Gasteiger partial charge >= 0.3 is 0 Å². The minimum Gasteiger partial charge on any atom is -0.493 e. The third-order valence-corrected chi connectivity index (χ3v) is 5.08. The van der Waals surface area contributed by atoms with Crippen molar-refractivity contribution in [1.29, 1.82) is 0 Å². The lowest BCUT2D eigenvalue weighted by Crippen LogP contribution is -2.25. The van der Waals surface area contributed by atoms with Crippen LogP contribution in [0.1, 0.15) is 41.6 Å². The van der Waals surface area contributed by atoms with Gasteiger partial charge in [-0.2, -0.15) is 0 Å². The fourth-order valence-corrected chi connectivity index (χ4v) is 3.65. The van der Waals surface area contributed by atoms with Crippen molar-refractivity contribution < 1.29 is 18.7 Å². The first-order valence-corrected chi connectivity index (χ1v) is 9.56. The van der Waals surface area contributed by atoms with Crippen LogP contribution in [0.15, 0.2) is 51.7 Å². The summed E-state index contributed by atoms with van der Waals surface area (Å²) in [6, 6.07) is 11.9. The maximum absolute atomic E-state index is 13.2. The molecule has 0 spiro atoms. The highest BCUT2D eigenvalue weighted by molar-refractivity contribution is 5.98. The van der Waals surface area contributed by atoms with Gasteiger partial charge in [0, 0.05) is 7.05 Å². The Morgan fingerprint density at radius 2 is 1.86 bits per heavy atom. The third-order valence-electron chi connectivity index (χ3n) is 5.08. The number of hydrogen-bond donors (Lipinski definition) is 0. The SMILES string of the molecule is COc1cc(C2c3c(oc4ccccc4c3=O)C(=O)N2C)ccc1OCC(C)C. The summed E-state index contributed by atoms with van der Waals surface area (Å²) in [6.45, 7) is 4.71. The summed E-state index contributed by atoms with van der Waals surface area (Å²) in [4.78, 5) is 27.5. The van der Waals surface area contributed by atoms with Crippen molar-refractivity contribution in [3.05, 3.63) is 69.6 Å². The van der Waals surface area contributed by atoms with Crippen molar-refractivity contribution in [2.45, 2.75) is 19.9 Å². The zero-order valence-corrected chi connectivity index (χ0v) is 16.9. The molecule has 0 radical (unpaired) electrons. The van der Waals surface area contributed by atoms with Crippen molar-refractivity contribution in [2.24, 2.45) is 5.92 Å². The van der Waals surface area contributed by atoms with Crippen LogP contribution >= 0.6 is 0 Å². The van der Waals surface area contributed by atoms with Crippen LogP contribution in [0, 0.1) is 5.92 Å². The van der Waals surface area contributed by atoms with Gasteiger partial charge in [-0.1, -0.05) is 32.0 Å². The highest BCUT2D eigenvalue weighted by Crippen LogP contribution is 2.40. The Balaban J connectivity index is 1.84. The van der Waals surface area contributed by atoms with Crippen LogP contribution in [0.5, 0.6) is 11.5 Å². The van der Waals surface area contributed by atoms with Gasteiger partial charge in [-0.05, 0) is 35.7 Å². The van der Waals surface area contributed by atoms with Gasteiger partial charge in [0.1, 0.15) is 5.58 Å². The van der Waals surface area contributed by atoms with E-state index in [1.165, 1.54) is 4.90 Å². The maximum atomic E-state index is 13.2. The molecule has 1 aromatic heterocycles. The average Bonchev–Trinajstić information content (AvgIpc) is 2.97. The largest absolute Gasteiger partial charge is 0.493 e. The molecule has 2 aromatic carbocycles. The molecule has 1 amide bonds. The summed E-state index contributed by atoms with van der Waals surface area (Å²) >= 11 is 0. The summed E-state index contributed by atoms with van der Waals surface area (Å²) in [7, 11) is 3.24. The smallest absolute Gasteiger partial charge is 0.290 e. The minimum absolute atomic E-state index is 0.0975. The maximum Gasteiger partial charge on any atom is 0.290 e. The molecule has 1 aliphatic heterocycles. The van der Waals surface area contributed by atoms with Crippen LogP contribution in [0.2, 0.25) is 0 Å². The molecule has 4 rings (SSSR count). The molecule has 6 nitrogen and oxygen atoms in total.